The van der Waals surface area contributed by atoms with E-state index in [1.165, 1.54) is 12.1 Å². The van der Waals surface area contributed by atoms with E-state index in [4.69, 9.17) is 4.52 Å². The van der Waals surface area contributed by atoms with Gasteiger partial charge in [-0.25, -0.2) is 9.18 Å². The molecule has 34 heavy (non-hydrogen) atoms. The Kier molecular flexibility index (Phi) is 5.90. The maximum atomic E-state index is 14.1. The van der Waals surface area contributed by atoms with E-state index in [9.17, 15) is 9.18 Å². The molecule has 8 heteroatoms. The number of carbonyl (C=O) groups excluding carboxylic acids is 1. The first-order valence-corrected chi connectivity index (χ1v) is 11.9. The number of hydrogen-bond donors (Lipinski definition) is 1. The second-order valence-corrected chi connectivity index (χ2v) is 8.64. The highest BCUT2D eigenvalue weighted by Gasteiger charge is 2.36. The van der Waals surface area contributed by atoms with Gasteiger partial charge in [-0.05, 0) is 67.3 Å². The molecule has 1 unspecified atom stereocenters. The van der Waals surface area contributed by atoms with Crippen molar-refractivity contribution in [2.75, 3.05) is 11.2 Å². The molecule has 0 fully saturated rings. The number of benzene rings is 3. The number of nitrogens with one attached hydrogen (secondary N) is 1. The largest absolute Gasteiger partial charge is 0.334 e. The molecule has 0 radical (unpaired) electrons. The summed E-state index contributed by atoms with van der Waals surface area (Å²) in [4.78, 5) is 20.5. The summed E-state index contributed by atoms with van der Waals surface area (Å²) >= 11 is 1.65. The van der Waals surface area contributed by atoms with Gasteiger partial charge in [0, 0.05) is 16.2 Å². The van der Waals surface area contributed by atoms with Crippen LogP contribution in [0.2, 0.25) is 0 Å². The van der Waals surface area contributed by atoms with Crippen LogP contribution < -0.4 is 10.2 Å². The zero-order valence-corrected chi connectivity index (χ0v) is 19.3. The molecule has 3 aromatic carbocycles. The molecule has 6 nitrogen and oxygen atoms in total. The first-order chi connectivity index (χ1) is 16.5. The first kappa shape index (κ1) is 21.9. The van der Waals surface area contributed by atoms with Crippen molar-refractivity contribution >= 4 is 29.1 Å². The third kappa shape index (κ3) is 4.08. The number of rotatable bonds is 5. The van der Waals surface area contributed by atoms with Gasteiger partial charge in [-0.2, -0.15) is 4.98 Å². The topological polar surface area (TPSA) is 71.3 Å². The third-order valence-corrected chi connectivity index (χ3v) is 6.43. The number of carbonyl (C=O) groups is 1. The number of allylic oxidation sites excluding steroid dienone is 1. The lowest BCUT2D eigenvalue weighted by Gasteiger charge is -2.35. The van der Waals surface area contributed by atoms with E-state index in [-0.39, 0.29) is 11.9 Å². The van der Waals surface area contributed by atoms with Crippen LogP contribution in [0.25, 0.3) is 17.0 Å². The first-order valence-electron chi connectivity index (χ1n) is 10.7. The number of hydrogen-bond acceptors (Lipinski definition) is 5. The molecule has 0 saturated carbocycles. The van der Waals surface area contributed by atoms with Crippen LogP contribution in [-0.4, -0.2) is 22.4 Å². The summed E-state index contributed by atoms with van der Waals surface area (Å²) in [5.74, 6) is 0.301. The highest BCUT2D eigenvalue weighted by molar-refractivity contribution is 7.98. The van der Waals surface area contributed by atoms with Gasteiger partial charge in [-0.15, -0.1) is 11.8 Å². The van der Waals surface area contributed by atoms with Crippen molar-refractivity contribution in [1.29, 1.82) is 0 Å². The Hall–Kier alpha value is -3.91. The Morgan fingerprint density at radius 2 is 1.79 bits per heavy atom. The summed E-state index contributed by atoms with van der Waals surface area (Å²) in [7, 11) is 0. The second kappa shape index (κ2) is 9.15. The minimum atomic E-state index is -0.657. The zero-order valence-electron chi connectivity index (χ0n) is 18.5. The van der Waals surface area contributed by atoms with Gasteiger partial charge >= 0.3 is 6.03 Å². The third-order valence-electron chi connectivity index (χ3n) is 5.69. The van der Waals surface area contributed by atoms with Crippen LogP contribution in [0.15, 0.2) is 94.0 Å². The maximum absolute atomic E-state index is 14.1. The lowest BCUT2D eigenvalue weighted by molar-refractivity contribution is 0.244. The molecular formula is C26H21FN4O2S. The number of aromatic nitrogens is 2. The molecule has 2 amide bonds. The van der Waals surface area contributed by atoms with Crippen molar-refractivity contribution in [3.8, 4) is 11.4 Å². The Morgan fingerprint density at radius 3 is 2.50 bits per heavy atom. The van der Waals surface area contributed by atoms with E-state index in [0.717, 1.165) is 10.5 Å². The molecule has 0 saturated heterocycles. The number of anilines is 1. The molecule has 5 rings (SSSR count). The average Bonchev–Trinajstić information content (AvgIpc) is 3.34. The number of para-hydroxylation sites is 1. The molecule has 1 atom stereocenters. The van der Waals surface area contributed by atoms with E-state index in [1.54, 1.807) is 28.8 Å². The fourth-order valence-electron chi connectivity index (χ4n) is 4.03. The minimum Gasteiger partial charge on any atom is -0.334 e. The Balaban J connectivity index is 1.63. The highest BCUT2D eigenvalue weighted by atomic mass is 32.2. The van der Waals surface area contributed by atoms with Crippen LogP contribution in [-0.2, 0) is 0 Å². The Bertz CT molecular complexity index is 1370. The van der Waals surface area contributed by atoms with Crippen molar-refractivity contribution in [2.45, 2.75) is 17.9 Å². The second-order valence-electron chi connectivity index (χ2n) is 7.76. The molecule has 1 aliphatic rings. The molecule has 1 N–H and O–H groups in total. The van der Waals surface area contributed by atoms with Crippen LogP contribution in [0.1, 0.15) is 24.4 Å². The molecule has 0 aliphatic carbocycles. The summed E-state index contributed by atoms with van der Waals surface area (Å²) in [5.41, 5.74) is 3.32. The van der Waals surface area contributed by atoms with Crippen molar-refractivity contribution < 1.29 is 13.7 Å². The number of amides is 2. The Labute approximate surface area is 200 Å². The summed E-state index contributed by atoms with van der Waals surface area (Å²) in [5, 5.41) is 7.17. The molecule has 2 heterocycles. The molecule has 0 bridgehead atoms. The van der Waals surface area contributed by atoms with Crippen molar-refractivity contribution in [1.82, 2.24) is 15.5 Å². The molecule has 4 aromatic rings. The van der Waals surface area contributed by atoms with Gasteiger partial charge in [0.05, 0.1) is 17.3 Å². The van der Waals surface area contributed by atoms with Crippen LogP contribution >= 0.6 is 11.8 Å². The normalized spacial score (nSPS) is 16.0. The molecule has 0 spiro atoms. The highest BCUT2D eigenvalue weighted by Crippen LogP contribution is 2.39. The van der Waals surface area contributed by atoms with E-state index >= 15 is 0 Å². The van der Waals surface area contributed by atoms with Crippen molar-refractivity contribution in [3.05, 3.63) is 102 Å². The summed E-state index contributed by atoms with van der Waals surface area (Å²) < 4.78 is 19.8. The fraction of sp³-hybridized carbons (Fsp3) is 0.115. The molecule has 1 aromatic heterocycles. The summed E-state index contributed by atoms with van der Waals surface area (Å²) in [6.45, 7) is 1.82. The maximum Gasteiger partial charge on any atom is 0.326 e. The number of thioether (sulfide) groups is 1. The summed E-state index contributed by atoms with van der Waals surface area (Å²) in [6.07, 6.45) is 2.01. The van der Waals surface area contributed by atoms with Crippen LogP contribution in [0.4, 0.5) is 14.9 Å². The molecular weight excluding hydrogens is 451 g/mol. The van der Waals surface area contributed by atoms with Gasteiger partial charge in [0.25, 0.3) is 5.89 Å². The fourth-order valence-corrected chi connectivity index (χ4v) is 4.44. The van der Waals surface area contributed by atoms with Crippen LogP contribution in [0.3, 0.4) is 0 Å². The van der Waals surface area contributed by atoms with Crippen molar-refractivity contribution in [2.24, 2.45) is 0 Å². The van der Waals surface area contributed by atoms with E-state index < -0.39 is 11.9 Å². The zero-order chi connectivity index (χ0) is 23.7. The minimum absolute atomic E-state index is 0.261. The Morgan fingerprint density at radius 1 is 1.03 bits per heavy atom. The lowest BCUT2D eigenvalue weighted by atomic mass is 9.94. The quantitative estimate of drug-likeness (QED) is 0.345. The van der Waals surface area contributed by atoms with E-state index in [2.05, 4.69) is 15.5 Å². The molecule has 1 aliphatic heterocycles. The van der Waals surface area contributed by atoms with E-state index in [1.807, 2.05) is 67.8 Å². The van der Waals surface area contributed by atoms with Crippen molar-refractivity contribution in [3.63, 3.8) is 0 Å². The molecule has 170 valence electrons. The smallest absolute Gasteiger partial charge is 0.326 e. The number of nitrogens with zero attached hydrogens (tertiary/aromatic N) is 3. The van der Waals surface area contributed by atoms with Gasteiger partial charge in [0.15, 0.2) is 0 Å². The van der Waals surface area contributed by atoms with Crippen LogP contribution in [0.5, 0.6) is 0 Å². The standard InChI is InChI=1S/C26H21FN4O2S/c1-16-22(25-29-24(30-33-25)17-11-13-21(34-2)14-12-17)23(18-7-6-8-19(27)15-18)28-26(32)31(16)20-9-4-3-5-10-20/h3-15,23H,1-2H3,(H,28,32). The van der Waals surface area contributed by atoms with Crippen LogP contribution in [0, 0.1) is 5.82 Å². The summed E-state index contributed by atoms with van der Waals surface area (Å²) in [6, 6.07) is 22.3. The predicted molar refractivity (Wildman–Crippen MR) is 131 cm³/mol. The van der Waals surface area contributed by atoms with E-state index in [0.29, 0.717) is 28.3 Å². The van der Waals surface area contributed by atoms with Gasteiger partial charge in [0.2, 0.25) is 5.82 Å². The van der Waals surface area contributed by atoms with Gasteiger partial charge in [-0.1, -0.05) is 35.5 Å². The van der Waals surface area contributed by atoms with Gasteiger partial charge in [0.1, 0.15) is 5.82 Å². The number of urea groups is 1. The SMILES string of the molecule is CSc1ccc(-c2noc(C3=C(C)N(c4ccccc4)C(=O)NC3c3cccc(F)c3)n2)cc1. The predicted octanol–water partition coefficient (Wildman–Crippen LogP) is 6.30. The lowest BCUT2D eigenvalue weighted by Crippen LogP contribution is -2.46. The van der Waals surface area contributed by atoms with Gasteiger partial charge in [-0.3, -0.25) is 4.90 Å². The van der Waals surface area contributed by atoms with Gasteiger partial charge < -0.3 is 9.84 Å². The number of halogens is 1. The monoisotopic (exact) mass is 472 g/mol. The average molecular weight is 473 g/mol.